The first-order valence-electron chi connectivity index (χ1n) is 4.39. The van der Waals surface area contributed by atoms with Crippen molar-refractivity contribution in [3.63, 3.8) is 0 Å². The summed E-state index contributed by atoms with van der Waals surface area (Å²) in [4.78, 5) is 0. The minimum Gasteiger partial charge on any atom is -0.394 e. The molecule has 0 rings (SSSR count). The fourth-order valence-corrected chi connectivity index (χ4v) is 1.68. The maximum absolute atomic E-state index is 5.53. The summed E-state index contributed by atoms with van der Waals surface area (Å²) in [6.07, 6.45) is 5.32. The van der Waals surface area contributed by atoms with Gasteiger partial charge in [0.15, 0.2) is 0 Å². The minimum atomic E-state index is -1.83. The van der Waals surface area contributed by atoms with E-state index in [1.54, 1.807) is 0 Å². The molecule has 0 aromatic carbocycles. The number of hydrogen-bond acceptors (Lipinski definition) is 1. The van der Waals surface area contributed by atoms with E-state index in [0.717, 1.165) is 0 Å². The summed E-state index contributed by atoms with van der Waals surface area (Å²) in [7, 11) is -3.07. The highest BCUT2D eigenvalue weighted by molar-refractivity contribution is 6.83. The molecule has 0 radical (unpaired) electrons. The summed E-state index contributed by atoms with van der Waals surface area (Å²) < 4.78 is 5.53. The lowest BCUT2D eigenvalue weighted by atomic mass is 10.8. The molecule has 0 aromatic rings. The normalized spacial score (nSPS) is 11.4. The van der Waals surface area contributed by atoms with Gasteiger partial charge in [0.2, 0.25) is 0 Å². The van der Waals surface area contributed by atoms with Crippen LogP contribution in [0.1, 0.15) is 0 Å². The Morgan fingerprint density at radius 1 is 1.15 bits per heavy atom. The highest BCUT2D eigenvalue weighted by Crippen LogP contribution is 2.01. The van der Waals surface area contributed by atoms with Crippen LogP contribution in [-0.4, -0.2) is 23.0 Å². The van der Waals surface area contributed by atoms with Gasteiger partial charge in [-0.1, -0.05) is 25.6 Å². The molecule has 0 amide bonds. The lowest BCUT2D eigenvalue weighted by Gasteiger charge is -2.13. The van der Waals surface area contributed by atoms with Crippen molar-refractivity contribution < 1.29 is 4.43 Å². The van der Waals surface area contributed by atoms with Gasteiger partial charge in [-0.3, -0.25) is 0 Å². The predicted molar refractivity (Wildman–Crippen MR) is 63.4 cm³/mol. The molecule has 0 spiro atoms. The van der Waals surface area contributed by atoms with Crippen molar-refractivity contribution in [1.29, 1.82) is 0 Å². The lowest BCUT2D eigenvalue weighted by Crippen LogP contribution is -2.28. The molecule has 0 saturated carbocycles. The van der Waals surface area contributed by atoms with Gasteiger partial charge in [-0.05, 0) is 13.1 Å². The van der Waals surface area contributed by atoms with E-state index in [9.17, 15) is 0 Å². The molecular formula is C10H18OSi2. The van der Waals surface area contributed by atoms with Crippen LogP contribution >= 0.6 is 0 Å². The molecule has 0 bridgehead atoms. The Labute approximate surface area is 84.0 Å². The molecule has 0 N–H and O–H groups in total. The van der Waals surface area contributed by atoms with E-state index >= 15 is 0 Å². The monoisotopic (exact) mass is 210 g/mol. The quantitative estimate of drug-likeness (QED) is 0.502. The van der Waals surface area contributed by atoms with Crippen molar-refractivity contribution in [2.45, 2.75) is 32.7 Å². The van der Waals surface area contributed by atoms with Gasteiger partial charge in [-0.2, -0.15) is 0 Å². The smallest absolute Gasteiger partial charge is 0.266 e. The summed E-state index contributed by atoms with van der Waals surface area (Å²) >= 11 is 0. The van der Waals surface area contributed by atoms with Crippen LogP contribution in [0.3, 0.4) is 0 Å². The second kappa shape index (κ2) is 4.67. The van der Waals surface area contributed by atoms with E-state index < -0.39 is 16.4 Å². The van der Waals surface area contributed by atoms with Gasteiger partial charge in [0.25, 0.3) is 8.32 Å². The van der Waals surface area contributed by atoms with Crippen molar-refractivity contribution in [3.05, 3.63) is 0 Å². The van der Waals surface area contributed by atoms with Gasteiger partial charge in [0, 0.05) is 0 Å². The molecule has 0 atom stereocenters. The largest absolute Gasteiger partial charge is 0.394 e. The van der Waals surface area contributed by atoms with Gasteiger partial charge in [-0.25, -0.2) is 0 Å². The molecule has 0 saturated heterocycles. The molecule has 3 heteroatoms. The topological polar surface area (TPSA) is 9.23 Å². The van der Waals surface area contributed by atoms with Crippen LogP contribution < -0.4 is 0 Å². The highest BCUT2D eigenvalue weighted by Gasteiger charge is 2.17. The second-order valence-corrected chi connectivity index (χ2v) is 12.8. The zero-order valence-corrected chi connectivity index (χ0v) is 11.2. The molecule has 0 aliphatic heterocycles. The third-order valence-corrected chi connectivity index (χ3v) is 3.80. The molecular weight excluding hydrogens is 192 g/mol. The Morgan fingerprint density at radius 3 is 2.08 bits per heavy atom. The second-order valence-electron chi connectivity index (χ2n) is 4.50. The first-order valence-corrected chi connectivity index (χ1v) is 10.8. The van der Waals surface area contributed by atoms with E-state index in [0.29, 0.717) is 6.61 Å². The van der Waals surface area contributed by atoms with Crippen LogP contribution in [0.5, 0.6) is 0 Å². The van der Waals surface area contributed by atoms with Crippen LogP contribution in [0, 0.1) is 23.4 Å². The summed E-state index contributed by atoms with van der Waals surface area (Å²) in [6.45, 7) is 11.1. The first-order chi connectivity index (χ1) is 5.77. The lowest BCUT2D eigenvalue weighted by molar-refractivity contribution is 0.371. The van der Waals surface area contributed by atoms with Gasteiger partial charge in [0.1, 0.15) is 8.07 Å². The Kier molecular flexibility index (Phi) is 4.49. The van der Waals surface area contributed by atoms with Crippen LogP contribution in [0.2, 0.25) is 32.7 Å². The fourth-order valence-electron chi connectivity index (χ4n) is 0.559. The van der Waals surface area contributed by atoms with E-state index in [2.05, 4.69) is 36.6 Å². The van der Waals surface area contributed by atoms with Crippen LogP contribution in [0.25, 0.3) is 0 Å². The first kappa shape index (κ1) is 12.5. The fraction of sp³-hybridized carbons (Fsp3) is 0.600. The van der Waals surface area contributed by atoms with E-state index in [1.165, 1.54) is 0 Å². The molecule has 0 fully saturated rings. The highest BCUT2D eigenvalue weighted by atomic mass is 28.4. The average Bonchev–Trinajstić information content (AvgIpc) is 1.97. The average molecular weight is 210 g/mol. The summed E-state index contributed by atoms with van der Waals surface area (Å²) in [5.74, 6) is 3.04. The Hall–Kier alpha value is -0.486. The van der Waals surface area contributed by atoms with Crippen LogP contribution in [0.4, 0.5) is 0 Å². The van der Waals surface area contributed by atoms with Crippen molar-refractivity contribution in [1.82, 2.24) is 0 Å². The van der Waals surface area contributed by atoms with Crippen molar-refractivity contribution in [3.8, 4) is 23.4 Å². The van der Waals surface area contributed by atoms with Gasteiger partial charge in [0.05, 0.1) is 6.61 Å². The number of hydrogen-bond donors (Lipinski definition) is 0. The molecule has 1 nitrogen and oxygen atoms in total. The summed E-state index contributed by atoms with van der Waals surface area (Å²) in [5, 5.41) is 0. The molecule has 72 valence electrons. The predicted octanol–water partition coefficient (Wildman–Crippen LogP) is 2.26. The standard InChI is InChI=1S/C10H18OSi2/c1-7-13(5,6)11-9-8-10-12(2,3)4/h1H,9H2,2-6H3. The molecule has 0 aromatic heterocycles. The number of rotatable bonds is 2. The third-order valence-electron chi connectivity index (χ3n) is 1.32. The third kappa shape index (κ3) is 7.86. The Bertz CT molecular complexity index is 257. The van der Waals surface area contributed by atoms with E-state index in [4.69, 9.17) is 10.8 Å². The van der Waals surface area contributed by atoms with E-state index in [1.807, 2.05) is 13.1 Å². The van der Waals surface area contributed by atoms with Gasteiger partial charge in [-0.15, -0.1) is 17.5 Å². The van der Waals surface area contributed by atoms with Gasteiger partial charge < -0.3 is 4.43 Å². The zero-order valence-electron chi connectivity index (χ0n) is 9.19. The zero-order chi connectivity index (χ0) is 10.5. The molecule has 0 aliphatic carbocycles. The van der Waals surface area contributed by atoms with Crippen molar-refractivity contribution in [2.75, 3.05) is 6.61 Å². The molecule has 0 heterocycles. The number of terminal acetylenes is 1. The molecule has 13 heavy (non-hydrogen) atoms. The Morgan fingerprint density at radius 2 is 1.69 bits per heavy atom. The molecule has 0 aliphatic rings. The summed E-state index contributed by atoms with van der Waals surface area (Å²) in [5.41, 5.74) is 5.94. The minimum absolute atomic E-state index is 0.494. The maximum Gasteiger partial charge on any atom is 0.266 e. The van der Waals surface area contributed by atoms with Crippen molar-refractivity contribution >= 4 is 16.4 Å². The van der Waals surface area contributed by atoms with Crippen molar-refractivity contribution in [2.24, 2.45) is 0 Å². The molecule has 0 unspecified atom stereocenters. The summed E-state index contributed by atoms with van der Waals surface area (Å²) in [6, 6.07) is 0. The van der Waals surface area contributed by atoms with Crippen LogP contribution in [-0.2, 0) is 4.43 Å². The van der Waals surface area contributed by atoms with Gasteiger partial charge >= 0.3 is 0 Å². The maximum atomic E-state index is 5.53. The Balaban J connectivity index is 3.94. The van der Waals surface area contributed by atoms with Crippen LogP contribution in [0.15, 0.2) is 0 Å². The van der Waals surface area contributed by atoms with E-state index in [-0.39, 0.29) is 0 Å². The SMILES string of the molecule is C#C[Si](C)(C)OCC#C[Si](C)(C)C.